The molecule has 0 saturated carbocycles. The van der Waals surface area contributed by atoms with E-state index in [4.69, 9.17) is 0 Å². The van der Waals surface area contributed by atoms with Gasteiger partial charge in [0.05, 0.1) is 0 Å². The SMILES string of the molecule is CCCCC(C)N1CCC(NCCC)CC1C. The third kappa shape index (κ3) is 4.97. The predicted molar refractivity (Wildman–Crippen MR) is 76.5 cm³/mol. The quantitative estimate of drug-likeness (QED) is 0.733. The zero-order valence-electron chi connectivity index (χ0n) is 12.3. The van der Waals surface area contributed by atoms with Gasteiger partial charge >= 0.3 is 0 Å². The van der Waals surface area contributed by atoms with Crippen molar-refractivity contribution in [3.63, 3.8) is 0 Å². The Bertz CT molecular complexity index is 193. The summed E-state index contributed by atoms with van der Waals surface area (Å²) in [6, 6.07) is 2.29. The summed E-state index contributed by atoms with van der Waals surface area (Å²) in [6.07, 6.45) is 7.99. The molecule has 0 aliphatic carbocycles. The van der Waals surface area contributed by atoms with Gasteiger partial charge in [0.25, 0.3) is 0 Å². The lowest BCUT2D eigenvalue weighted by Crippen LogP contribution is -2.50. The first-order chi connectivity index (χ1) is 8.19. The van der Waals surface area contributed by atoms with Gasteiger partial charge in [-0.2, -0.15) is 0 Å². The molecule has 17 heavy (non-hydrogen) atoms. The Kier molecular flexibility index (Phi) is 7.14. The number of hydrogen-bond donors (Lipinski definition) is 1. The summed E-state index contributed by atoms with van der Waals surface area (Å²) < 4.78 is 0. The predicted octanol–water partition coefficient (Wildman–Crippen LogP) is 3.42. The molecule has 2 heteroatoms. The van der Waals surface area contributed by atoms with Gasteiger partial charge < -0.3 is 5.32 Å². The molecule has 2 nitrogen and oxygen atoms in total. The number of unbranched alkanes of at least 4 members (excludes halogenated alkanes) is 1. The lowest BCUT2D eigenvalue weighted by molar-refractivity contribution is 0.0902. The highest BCUT2D eigenvalue weighted by Crippen LogP contribution is 2.22. The van der Waals surface area contributed by atoms with E-state index in [2.05, 4.69) is 37.9 Å². The first kappa shape index (κ1) is 15.0. The van der Waals surface area contributed by atoms with Crippen molar-refractivity contribution in [3.05, 3.63) is 0 Å². The summed E-state index contributed by atoms with van der Waals surface area (Å²) >= 11 is 0. The van der Waals surface area contributed by atoms with Crippen molar-refractivity contribution in [1.29, 1.82) is 0 Å². The van der Waals surface area contributed by atoms with E-state index in [1.54, 1.807) is 0 Å². The number of hydrogen-bond acceptors (Lipinski definition) is 2. The van der Waals surface area contributed by atoms with Crippen LogP contribution in [0.1, 0.15) is 66.2 Å². The maximum absolute atomic E-state index is 3.68. The monoisotopic (exact) mass is 240 g/mol. The minimum Gasteiger partial charge on any atom is -0.314 e. The maximum Gasteiger partial charge on any atom is 0.00940 e. The molecule has 1 saturated heterocycles. The van der Waals surface area contributed by atoms with Gasteiger partial charge in [0.15, 0.2) is 0 Å². The Morgan fingerprint density at radius 1 is 1.29 bits per heavy atom. The van der Waals surface area contributed by atoms with Crippen LogP contribution in [-0.4, -0.2) is 36.1 Å². The summed E-state index contributed by atoms with van der Waals surface area (Å²) in [4.78, 5) is 2.72. The molecule has 1 heterocycles. The van der Waals surface area contributed by atoms with Crippen LogP contribution < -0.4 is 5.32 Å². The molecular weight excluding hydrogens is 208 g/mol. The highest BCUT2D eigenvalue weighted by Gasteiger charge is 2.27. The lowest BCUT2D eigenvalue weighted by atomic mass is 9.95. The van der Waals surface area contributed by atoms with Gasteiger partial charge in [0.2, 0.25) is 0 Å². The van der Waals surface area contributed by atoms with E-state index in [0.717, 1.165) is 18.1 Å². The van der Waals surface area contributed by atoms with E-state index in [-0.39, 0.29) is 0 Å². The maximum atomic E-state index is 3.68. The normalized spacial score (nSPS) is 28.2. The lowest BCUT2D eigenvalue weighted by Gasteiger charge is -2.41. The Balaban J connectivity index is 2.31. The molecule has 1 aliphatic rings. The molecule has 3 unspecified atom stereocenters. The van der Waals surface area contributed by atoms with Crippen molar-refractivity contribution in [3.8, 4) is 0 Å². The van der Waals surface area contributed by atoms with Gasteiger partial charge in [-0.25, -0.2) is 0 Å². The second-order valence-corrected chi connectivity index (χ2v) is 5.75. The number of nitrogens with zero attached hydrogens (tertiary/aromatic N) is 1. The standard InChI is InChI=1S/C15H32N2/c1-5-7-8-13(3)17-11-9-15(12-14(17)4)16-10-6-2/h13-16H,5-12H2,1-4H3. The molecule has 1 rings (SSSR count). The largest absolute Gasteiger partial charge is 0.314 e. The van der Waals surface area contributed by atoms with Crippen molar-refractivity contribution >= 4 is 0 Å². The van der Waals surface area contributed by atoms with Crippen LogP contribution in [0.5, 0.6) is 0 Å². The van der Waals surface area contributed by atoms with Crippen molar-refractivity contribution in [2.24, 2.45) is 0 Å². The van der Waals surface area contributed by atoms with Gasteiger partial charge in [0, 0.05) is 24.7 Å². The molecular formula is C15H32N2. The number of likely N-dealkylation sites (tertiary alicyclic amines) is 1. The van der Waals surface area contributed by atoms with Gasteiger partial charge in [0.1, 0.15) is 0 Å². The molecule has 0 amide bonds. The molecule has 102 valence electrons. The fourth-order valence-electron chi connectivity index (χ4n) is 3.04. The van der Waals surface area contributed by atoms with Gasteiger partial charge in [-0.1, -0.05) is 26.7 Å². The first-order valence-electron chi connectivity index (χ1n) is 7.68. The van der Waals surface area contributed by atoms with Crippen LogP contribution in [0, 0.1) is 0 Å². The van der Waals surface area contributed by atoms with Crippen LogP contribution in [0.25, 0.3) is 0 Å². The minimum absolute atomic E-state index is 0.755. The molecule has 0 aromatic rings. The molecule has 0 aromatic heterocycles. The second-order valence-electron chi connectivity index (χ2n) is 5.75. The Labute approximate surface area is 108 Å². The second kappa shape index (κ2) is 8.10. The van der Waals surface area contributed by atoms with Crippen molar-refractivity contribution in [1.82, 2.24) is 10.2 Å². The van der Waals surface area contributed by atoms with Gasteiger partial charge in [-0.05, 0) is 46.1 Å². The van der Waals surface area contributed by atoms with E-state index in [0.29, 0.717) is 0 Å². The number of nitrogens with one attached hydrogen (secondary N) is 1. The molecule has 0 spiro atoms. The van der Waals surface area contributed by atoms with Crippen LogP contribution in [-0.2, 0) is 0 Å². The molecule has 0 bridgehead atoms. The third-order valence-electron chi connectivity index (χ3n) is 4.15. The third-order valence-corrected chi connectivity index (χ3v) is 4.15. The fraction of sp³-hybridized carbons (Fsp3) is 1.00. The van der Waals surface area contributed by atoms with E-state index >= 15 is 0 Å². The van der Waals surface area contributed by atoms with E-state index in [1.165, 1.54) is 51.6 Å². The summed E-state index contributed by atoms with van der Waals surface area (Å²) in [5.74, 6) is 0. The van der Waals surface area contributed by atoms with Crippen molar-refractivity contribution in [2.45, 2.75) is 84.3 Å². The van der Waals surface area contributed by atoms with E-state index < -0.39 is 0 Å². The summed E-state index contributed by atoms with van der Waals surface area (Å²) in [5, 5.41) is 3.68. The molecule has 0 aromatic carbocycles. The molecule has 3 atom stereocenters. The van der Waals surface area contributed by atoms with Crippen LogP contribution in [0.3, 0.4) is 0 Å². The number of rotatable bonds is 7. The molecule has 1 aliphatic heterocycles. The van der Waals surface area contributed by atoms with Crippen LogP contribution in [0.2, 0.25) is 0 Å². The topological polar surface area (TPSA) is 15.3 Å². The van der Waals surface area contributed by atoms with Crippen LogP contribution in [0.4, 0.5) is 0 Å². The minimum atomic E-state index is 0.755. The highest BCUT2D eigenvalue weighted by atomic mass is 15.2. The molecule has 1 fully saturated rings. The van der Waals surface area contributed by atoms with Gasteiger partial charge in [-0.15, -0.1) is 0 Å². The zero-order valence-corrected chi connectivity index (χ0v) is 12.3. The Morgan fingerprint density at radius 2 is 2.06 bits per heavy atom. The zero-order chi connectivity index (χ0) is 12.7. The fourth-order valence-corrected chi connectivity index (χ4v) is 3.04. The Hall–Kier alpha value is -0.0800. The van der Waals surface area contributed by atoms with Crippen molar-refractivity contribution in [2.75, 3.05) is 13.1 Å². The summed E-state index contributed by atoms with van der Waals surface area (Å²) in [5.41, 5.74) is 0. The van der Waals surface area contributed by atoms with Crippen LogP contribution >= 0.6 is 0 Å². The van der Waals surface area contributed by atoms with E-state index in [9.17, 15) is 0 Å². The first-order valence-corrected chi connectivity index (χ1v) is 7.68. The van der Waals surface area contributed by atoms with Gasteiger partial charge in [-0.3, -0.25) is 4.90 Å². The Morgan fingerprint density at radius 3 is 2.65 bits per heavy atom. The summed E-state index contributed by atoms with van der Waals surface area (Å²) in [7, 11) is 0. The van der Waals surface area contributed by atoms with Crippen molar-refractivity contribution < 1.29 is 0 Å². The summed E-state index contributed by atoms with van der Waals surface area (Å²) in [6.45, 7) is 11.8. The smallest absolute Gasteiger partial charge is 0.00940 e. The molecule has 1 N–H and O–H groups in total. The average molecular weight is 240 g/mol. The number of piperidine rings is 1. The average Bonchev–Trinajstić information content (AvgIpc) is 2.33. The molecule has 0 radical (unpaired) electrons. The highest BCUT2D eigenvalue weighted by molar-refractivity contribution is 4.85. The van der Waals surface area contributed by atoms with Crippen LogP contribution in [0.15, 0.2) is 0 Å². The van der Waals surface area contributed by atoms with E-state index in [1.807, 2.05) is 0 Å².